The maximum atomic E-state index is 12.6. The lowest BCUT2D eigenvalue weighted by Gasteiger charge is -2.35. The SMILES string of the molecule is CC1(Cc2ccc(OC(F)(F)F)cc2)CCCN1C(=O)c1cnco1. The van der Waals surface area contributed by atoms with E-state index in [9.17, 15) is 18.0 Å². The summed E-state index contributed by atoms with van der Waals surface area (Å²) in [5, 5.41) is 0. The number of nitrogens with zero attached hydrogens (tertiary/aromatic N) is 2. The van der Waals surface area contributed by atoms with Crippen molar-refractivity contribution in [1.29, 1.82) is 0 Å². The third kappa shape index (κ3) is 3.94. The standard InChI is InChI=1S/C17H17F3N2O3/c1-16(7-2-8-22(16)15(23)14-10-21-11-24-14)9-12-3-5-13(6-4-12)25-17(18,19)20/h3-6,10-11H,2,7-9H2,1H3. The topological polar surface area (TPSA) is 55.6 Å². The zero-order valence-electron chi connectivity index (χ0n) is 13.5. The number of carbonyl (C=O) groups excluding carboxylic acids is 1. The van der Waals surface area contributed by atoms with Crippen molar-refractivity contribution in [3.63, 3.8) is 0 Å². The van der Waals surface area contributed by atoms with Crippen LogP contribution in [-0.4, -0.2) is 34.2 Å². The smallest absolute Gasteiger partial charge is 0.438 e. The molecule has 1 unspecified atom stereocenters. The fraction of sp³-hybridized carbons (Fsp3) is 0.412. The maximum absolute atomic E-state index is 12.6. The monoisotopic (exact) mass is 354 g/mol. The molecule has 0 saturated carbocycles. The Morgan fingerprint density at radius 3 is 2.68 bits per heavy atom. The van der Waals surface area contributed by atoms with Crippen LogP contribution in [0.5, 0.6) is 5.75 Å². The molecule has 0 radical (unpaired) electrons. The number of likely N-dealkylation sites (tertiary alicyclic amines) is 1. The van der Waals surface area contributed by atoms with Crippen molar-refractivity contribution >= 4 is 5.91 Å². The lowest BCUT2D eigenvalue weighted by molar-refractivity contribution is -0.274. The number of hydrogen-bond donors (Lipinski definition) is 0. The van der Waals surface area contributed by atoms with Crippen molar-refractivity contribution in [3.8, 4) is 5.75 Å². The second kappa shape index (κ2) is 6.42. The molecule has 0 spiro atoms. The van der Waals surface area contributed by atoms with Gasteiger partial charge in [-0.1, -0.05) is 12.1 Å². The van der Waals surface area contributed by atoms with Gasteiger partial charge in [-0.05, 0) is 43.9 Å². The van der Waals surface area contributed by atoms with E-state index in [1.165, 1.54) is 24.7 Å². The molecular weight excluding hydrogens is 337 g/mol. The molecule has 1 aromatic heterocycles. The molecule has 2 heterocycles. The Hall–Kier alpha value is -2.51. The van der Waals surface area contributed by atoms with Gasteiger partial charge in [0.2, 0.25) is 5.76 Å². The van der Waals surface area contributed by atoms with E-state index in [2.05, 4.69) is 9.72 Å². The summed E-state index contributed by atoms with van der Waals surface area (Å²) in [5.41, 5.74) is 0.394. The first-order valence-corrected chi connectivity index (χ1v) is 7.82. The van der Waals surface area contributed by atoms with Crippen molar-refractivity contribution < 1.29 is 27.1 Å². The van der Waals surface area contributed by atoms with Gasteiger partial charge in [0.05, 0.1) is 6.20 Å². The first-order valence-electron chi connectivity index (χ1n) is 7.82. The fourth-order valence-electron chi connectivity index (χ4n) is 3.26. The van der Waals surface area contributed by atoms with Gasteiger partial charge in [-0.25, -0.2) is 4.98 Å². The molecule has 1 aliphatic heterocycles. The lowest BCUT2D eigenvalue weighted by atomic mass is 9.90. The molecule has 3 rings (SSSR count). The molecule has 1 saturated heterocycles. The Labute approximate surface area is 142 Å². The summed E-state index contributed by atoms with van der Waals surface area (Å²) in [4.78, 5) is 18.1. The van der Waals surface area contributed by atoms with E-state index >= 15 is 0 Å². The summed E-state index contributed by atoms with van der Waals surface area (Å²) >= 11 is 0. The van der Waals surface area contributed by atoms with E-state index < -0.39 is 11.9 Å². The highest BCUT2D eigenvalue weighted by Crippen LogP contribution is 2.34. The number of aromatic nitrogens is 1. The second-order valence-electron chi connectivity index (χ2n) is 6.29. The van der Waals surface area contributed by atoms with Gasteiger partial charge >= 0.3 is 6.36 Å². The van der Waals surface area contributed by atoms with Crippen molar-refractivity contribution in [3.05, 3.63) is 48.2 Å². The molecular formula is C17H17F3N2O3. The first kappa shape index (κ1) is 17.3. The predicted molar refractivity (Wildman–Crippen MR) is 82.0 cm³/mol. The molecule has 1 aromatic carbocycles. The Morgan fingerprint density at radius 2 is 2.08 bits per heavy atom. The zero-order chi connectivity index (χ0) is 18.1. The normalized spacial score (nSPS) is 20.7. The quantitative estimate of drug-likeness (QED) is 0.838. The highest BCUT2D eigenvalue weighted by atomic mass is 19.4. The molecule has 134 valence electrons. The van der Waals surface area contributed by atoms with Crippen LogP contribution < -0.4 is 4.74 Å². The summed E-state index contributed by atoms with van der Waals surface area (Å²) in [6.07, 6.45) is 0.0576. The molecule has 8 heteroatoms. The maximum Gasteiger partial charge on any atom is 0.573 e. The van der Waals surface area contributed by atoms with Crippen molar-refractivity contribution in [2.24, 2.45) is 0 Å². The van der Waals surface area contributed by atoms with Gasteiger partial charge in [-0.2, -0.15) is 0 Å². The Balaban J connectivity index is 1.73. The molecule has 2 aromatic rings. The summed E-state index contributed by atoms with van der Waals surface area (Å²) in [6, 6.07) is 5.73. The number of alkyl halides is 3. The van der Waals surface area contributed by atoms with E-state index in [-0.39, 0.29) is 17.4 Å². The summed E-state index contributed by atoms with van der Waals surface area (Å²) in [5.74, 6) is -0.306. The minimum atomic E-state index is -4.71. The van der Waals surface area contributed by atoms with Crippen LogP contribution in [0.1, 0.15) is 35.9 Å². The molecule has 0 aliphatic carbocycles. The zero-order valence-corrected chi connectivity index (χ0v) is 13.5. The number of ether oxygens (including phenoxy) is 1. The lowest BCUT2D eigenvalue weighted by Crippen LogP contribution is -2.46. The van der Waals surface area contributed by atoms with Gasteiger partial charge in [0.25, 0.3) is 5.91 Å². The van der Waals surface area contributed by atoms with E-state index in [1.807, 2.05) is 6.92 Å². The third-order valence-corrected chi connectivity index (χ3v) is 4.38. The van der Waals surface area contributed by atoms with Crippen LogP contribution in [0.3, 0.4) is 0 Å². The Morgan fingerprint density at radius 1 is 1.36 bits per heavy atom. The van der Waals surface area contributed by atoms with Crippen LogP contribution in [0.2, 0.25) is 0 Å². The molecule has 5 nitrogen and oxygen atoms in total. The Kier molecular flexibility index (Phi) is 4.45. The molecule has 1 atom stereocenters. The third-order valence-electron chi connectivity index (χ3n) is 4.38. The highest BCUT2D eigenvalue weighted by Gasteiger charge is 2.41. The number of amides is 1. The van der Waals surface area contributed by atoms with Gasteiger partial charge in [-0.15, -0.1) is 13.2 Å². The van der Waals surface area contributed by atoms with Gasteiger partial charge in [0.1, 0.15) is 5.75 Å². The molecule has 0 bridgehead atoms. The van der Waals surface area contributed by atoms with Crippen LogP contribution >= 0.6 is 0 Å². The summed E-state index contributed by atoms with van der Waals surface area (Å²) < 4.78 is 45.6. The minimum Gasteiger partial charge on any atom is -0.438 e. The van der Waals surface area contributed by atoms with Crippen LogP contribution in [0.15, 0.2) is 41.3 Å². The van der Waals surface area contributed by atoms with E-state index in [0.717, 1.165) is 18.4 Å². The highest BCUT2D eigenvalue weighted by molar-refractivity contribution is 5.91. The number of hydrogen-bond acceptors (Lipinski definition) is 4. The number of carbonyl (C=O) groups is 1. The van der Waals surface area contributed by atoms with Crippen LogP contribution in [-0.2, 0) is 6.42 Å². The number of benzene rings is 1. The largest absolute Gasteiger partial charge is 0.573 e. The predicted octanol–water partition coefficient (Wildman–Crippen LogP) is 3.81. The molecule has 1 fully saturated rings. The molecule has 1 aliphatic rings. The van der Waals surface area contributed by atoms with Crippen LogP contribution in [0.25, 0.3) is 0 Å². The van der Waals surface area contributed by atoms with Gasteiger partial charge < -0.3 is 14.1 Å². The number of rotatable bonds is 4. The van der Waals surface area contributed by atoms with E-state index in [0.29, 0.717) is 13.0 Å². The van der Waals surface area contributed by atoms with Gasteiger partial charge in [-0.3, -0.25) is 4.79 Å². The van der Waals surface area contributed by atoms with Gasteiger partial charge in [0.15, 0.2) is 6.39 Å². The number of halogens is 3. The summed E-state index contributed by atoms with van der Waals surface area (Å²) in [6.45, 7) is 2.57. The first-order chi connectivity index (χ1) is 11.8. The van der Waals surface area contributed by atoms with Gasteiger partial charge in [0, 0.05) is 12.1 Å². The number of oxazole rings is 1. The van der Waals surface area contributed by atoms with E-state index in [4.69, 9.17) is 4.42 Å². The van der Waals surface area contributed by atoms with Crippen molar-refractivity contribution in [2.45, 2.75) is 38.1 Å². The Bertz CT molecular complexity index is 729. The fourth-order valence-corrected chi connectivity index (χ4v) is 3.26. The van der Waals surface area contributed by atoms with Crippen LogP contribution in [0.4, 0.5) is 13.2 Å². The average molecular weight is 354 g/mol. The van der Waals surface area contributed by atoms with Crippen LogP contribution in [0, 0.1) is 0 Å². The van der Waals surface area contributed by atoms with Crippen molar-refractivity contribution in [1.82, 2.24) is 9.88 Å². The van der Waals surface area contributed by atoms with E-state index in [1.54, 1.807) is 17.0 Å². The molecule has 25 heavy (non-hydrogen) atoms. The molecule has 0 N–H and O–H groups in total. The average Bonchev–Trinajstić information content (AvgIpc) is 3.17. The second-order valence-corrected chi connectivity index (χ2v) is 6.29. The van der Waals surface area contributed by atoms with Crippen molar-refractivity contribution in [2.75, 3.05) is 6.54 Å². The minimum absolute atomic E-state index is 0.182. The molecule has 1 amide bonds. The summed E-state index contributed by atoms with van der Waals surface area (Å²) in [7, 11) is 0.